The summed E-state index contributed by atoms with van der Waals surface area (Å²) in [7, 11) is 0. The molecule has 0 aliphatic carbocycles. The highest BCUT2D eigenvalue weighted by Crippen LogP contribution is 2.35. The van der Waals surface area contributed by atoms with Crippen molar-refractivity contribution in [2.45, 2.75) is 6.61 Å². The summed E-state index contributed by atoms with van der Waals surface area (Å²) in [6.07, 6.45) is 0. The zero-order valence-electron chi connectivity index (χ0n) is 10.1. The van der Waals surface area contributed by atoms with E-state index in [4.69, 9.17) is 19.9 Å². The van der Waals surface area contributed by atoms with Crippen molar-refractivity contribution >= 4 is 21.6 Å². The Morgan fingerprint density at radius 1 is 1.16 bits per heavy atom. The van der Waals surface area contributed by atoms with Gasteiger partial charge in [0.05, 0.1) is 0 Å². The maximum atomic E-state index is 5.92. The van der Waals surface area contributed by atoms with Gasteiger partial charge in [0, 0.05) is 21.8 Å². The van der Waals surface area contributed by atoms with Crippen LogP contribution in [0.25, 0.3) is 0 Å². The van der Waals surface area contributed by atoms with Crippen LogP contribution in [0.15, 0.2) is 40.9 Å². The van der Waals surface area contributed by atoms with Gasteiger partial charge in [-0.25, -0.2) is 0 Å². The molecule has 1 aliphatic heterocycles. The average Bonchev–Trinajstić information content (AvgIpc) is 2.85. The minimum absolute atomic E-state index is 0.260. The fourth-order valence-electron chi connectivity index (χ4n) is 1.85. The van der Waals surface area contributed by atoms with Gasteiger partial charge in [0.25, 0.3) is 0 Å². The minimum Gasteiger partial charge on any atom is -0.489 e. The lowest BCUT2D eigenvalue weighted by Crippen LogP contribution is -2.01. The van der Waals surface area contributed by atoms with Crippen LogP contribution < -0.4 is 19.9 Å². The number of fused-ring (bicyclic) bond motifs is 1. The molecule has 0 radical (unpaired) electrons. The van der Waals surface area contributed by atoms with E-state index in [1.54, 1.807) is 0 Å². The monoisotopic (exact) mass is 321 g/mol. The fourth-order valence-corrected chi connectivity index (χ4v) is 2.35. The number of nitrogen functional groups attached to an aromatic ring is 1. The lowest BCUT2D eigenvalue weighted by Gasteiger charge is -2.10. The van der Waals surface area contributed by atoms with Crippen molar-refractivity contribution in [1.82, 2.24) is 0 Å². The van der Waals surface area contributed by atoms with Crippen LogP contribution in [0.3, 0.4) is 0 Å². The van der Waals surface area contributed by atoms with Crippen LogP contribution in [-0.4, -0.2) is 6.79 Å². The van der Waals surface area contributed by atoms with Crippen LogP contribution >= 0.6 is 15.9 Å². The van der Waals surface area contributed by atoms with Gasteiger partial charge in [-0.05, 0) is 24.3 Å². The molecule has 4 nitrogen and oxygen atoms in total. The van der Waals surface area contributed by atoms with Gasteiger partial charge in [0.15, 0.2) is 11.5 Å². The summed E-state index contributed by atoms with van der Waals surface area (Å²) in [5, 5.41) is 0. The van der Waals surface area contributed by atoms with Gasteiger partial charge in [-0.15, -0.1) is 0 Å². The highest BCUT2D eigenvalue weighted by Gasteiger charge is 2.14. The molecule has 98 valence electrons. The van der Waals surface area contributed by atoms with Crippen molar-refractivity contribution in [2.75, 3.05) is 12.5 Å². The molecule has 1 aliphatic rings. The predicted octanol–water partition coefficient (Wildman–Crippen LogP) is 3.34. The predicted molar refractivity (Wildman–Crippen MR) is 75.5 cm³/mol. The fraction of sp³-hybridized carbons (Fsp3) is 0.143. The second-order valence-corrected chi connectivity index (χ2v) is 4.97. The second kappa shape index (κ2) is 5.01. The summed E-state index contributed by atoms with van der Waals surface area (Å²) in [5.41, 5.74) is 7.56. The van der Waals surface area contributed by atoms with E-state index in [1.807, 2.05) is 36.4 Å². The molecule has 0 saturated heterocycles. The number of nitrogens with two attached hydrogens (primary N) is 1. The number of hydrogen-bond donors (Lipinski definition) is 1. The maximum absolute atomic E-state index is 5.92. The van der Waals surface area contributed by atoms with Crippen LogP contribution in [0.2, 0.25) is 0 Å². The van der Waals surface area contributed by atoms with Crippen molar-refractivity contribution in [3.8, 4) is 17.2 Å². The normalized spacial score (nSPS) is 12.5. The highest BCUT2D eigenvalue weighted by atomic mass is 79.9. The van der Waals surface area contributed by atoms with Crippen molar-refractivity contribution in [2.24, 2.45) is 0 Å². The molecular weight excluding hydrogens is 310 g/mol. The SMILES string of the molecule is Nc1cccc(Br)c1COc1ccc2c(c1)OCO2. The summed E-state index contributed by atoms with van der Waals surface area (Å²) in [5.74, 6) is 2.17. The first-order valence-electron chi connectivity index (χ1n) is 5.79. The Kier molecular flexibility index (Phi) is 3.21. The lowest BCUT2D eigenvalue weighted by atomic mass is 10.2. The highest BCUT2D eigenvalue weighted by molar-refractivity contribution is 9.10. The van der Waals surface area contributed by atoms with E-state index in [1.165, 1.54) is 0 Å². The molecule has 2 aromatic rings. The number of hydrogen-bond acceptors (Lipinski definition) is 4. The summed E-state index contributed by atoms with van der Waals surface area (Å²) < 4.78 is 17.2. The Morgan fingerprint density at radius 2 is 2.00 bits per heavy atom. The van der Waals surface area contributed by atoms with Gasteiger partial charge >= 0.3 is 0 Å². The third-order valence-electron chi connectivity index (χ3n) is 2.88. The van der Waals surface area contributed by atoms with Crippen LogP contribution in [0.4, 0.5) is 5.69 Å². The summed E-state index contributed by atoms with van der Waals surface area (Å²) >= 11 is 3.47. The second-order valence-electron chi connectivity index (χ2n) is 4.11. The summed E-state index contributed by atoms with van der Waals surface area (Å²) in [6.45, 7) is 0.656. The molecule has 0 bridgehead atoms. The van der Waals surface area contributed by atoms with Gasteiger partial charge in [0.2, 0.25) is 6.79 Å². The molecular formula is C14H12BrNO3. The van der Waals surface area contributed by atoms with E-state index in [9.17, 15) is 0 Å². The molecule has 1 heterocycles. The van der Waals surface area contributed by atoms with E-state index < -0.39 is 0 Å². The molecule has 2 N–H and O–H groups in total. The molecule has 0 amide bonds. The largest absolute Gasteiger partial charge is 0.489 e. The third-order valence-corrected chi connectivity index (χ3v) is 3.63. The molecule has 0 fully saturated rings. The summed E-state index contributed by atoms with van der Waals surface area (Å²) in [4.78, 5) is 0. The Labute approximate surface area is 119 Å². The van der Waals surface area contributed by atoms with Crippen LogP contribution in [0.1, 0.15) is 5.56 Å². The van der Waals surface area contributed by atoms with Crippen LogP contribution in [0, 0.1) is 0 Å². The number of benzene rings is 2. The molecule has 2 aromatic carbocycles. The van der Waals surface area contributed by atoms with Gasteiger partial charge in [-0.2, -0.15) is 0 Å². The van der Waals surface area contributed by atoms with Crippen molar-refractivity contribution < 1.29 is 14.2 Å². The average molecular weight is 322 g/mol. The molecule has 0 atom stereocenters. The zero-order chi connectivity index (χ0) is 13.2. The quantitative estimate of drug-likeness (QED) is 0.881. The minimum atomic E-state index is 0.260. The Morgan fingerprint density at radius 3 is 2.84 bits per heavy atom. The Hall–Kier alpha value is -1.88. The van der Waals surface area contributed by atoms with Gasteiger partial charge in [-0.1, -0.05) is 22.0 Å². The van der Waals surface area contributed by atoms with Gasteiger partial charge in [-0.3, -0.25) is 0 Å². The van der Waals surface area contributed by atoms with Gasteiger partial charge in [0.1, 0.15) is 12.4 Å². The van der Waals surface area contributed by atoms with E-state index in [0.717, 1.165) is 21.5 Å². The van der Waals surface area contributed by atoms with E-state index in [2.05, 4.69) is 15.9 Å². The molecule has 0 aromatic heterocycles. The van der Waals surface area contributed by atoms with E-state index >= 15 is 0 Å². The smallest absolute Gasteiger partial charge is 0.231 e. The first-order chi connectivity index (χ1) is 9.24. The molecule has 5 heteroatoms. The molecule has 0 saturated carbocycles. The Balaban J connectivity index is 1.76. The van der Waals surface area contributed by atoms with Crippen LogP contribution in [0.5, 0.6) is 17.2 Å². The van der Waals surface area contributed by atoms with E-state index in [0.29, 0.717) is 18.0 Å². The zero-order valence-corrected chi connectivity index (χ0v) is 11.6. The summed E-state index contributed by atoms with van der Waals surface area (Å²) in [6, 6.07) is 11.2. The molecule has 0 spiro atoms. The van der Waals surface area contributed by atoms with Crippen molar-refractivity contribution in [3.63, 3.8) is 0 Å². The first-order valence-corrected chi connectivity index (χ1v) is 6.58. The lowest BCUT2D eigenvalue weighted by molar-refractivity contribution is 0.173. The Bertz CT molecular complexity index is 595. The van der Waals surface area contributed by atoms with Crippen LogP contribution in [-0.2, 0) is 6.61 Å². The maximum Gasteiger partial charge on any atom is 0.231 e. The number of ether oxygens (including phenoxy) is 3. The topological polar surface area (TPSA) is 53.7 Å². The number of anilines is 1. The first kappa shape index (κ1) is 12.2. The van der Waals surface area contributed by atoms with Crippen molar-refractivity contribution in [3.05, 3.63) is 46.4 Å². The third kappa shape index (κ3) is 2.46. The molecule has 19 heavy (non-hydrogen) atoms. The standard InChI is InChI=1S/C14H12BrNO3/c15-11-2-1-3-12(16)10(11)7-17-9-4-5-13-14(6-9)19-8-18-13/h1-6H,7-8,16H2. The van der Waals surface area contributed by atoms with Gasteiger partial charge < -0.3 is 19.9 Å². The van der Waals surface area contributed by atoms with E-state index in [-0.39, 0.29) is 6.79 Å². The molecule has 0 unspecified atom stereocenters. The van der Waals surface area contributed by atoms with Crippen molar-refractivity contribution in [1.29, 1.82) is 0 Å². The number of rotatable bonds is 3. The number of halogens is 1. The molecule has 3 rings (SSSR count).